The van der Waals surface area contributed by atoms with Crippen molar-refractivity contribution in [3.8, 4) is 0 Å². The number of rotatable bonds is 9. The van der Waals surface area contributed by atoms with Gasteiger partial charge in [-0.25, -0.2) is 0 Å². The maximum atomic E-state index is 12.8. The quantitative estimate of drug-likeness (QED) is 0.687. The number of ether oxygens (including phenoxy) is 2. The fraction of sp³-hybridized carbons (Fsp3) is 0.417. The van der Waals surface area contributed by atoms with E-state index in [9.17, 15) is 9.59 Å². The third kappa shape index (κ3) is 6.40. The van der Waals surface area contributed by atoms with Crippen LogP contribution in [0.15, 0.2) is 48.5 Å². The van der Waals surface area contributed by atoms with E-state index in [1.54, 1.807) is 4.90 Å². The Balaban J connectivity index is 1.58. The second kappa shape index (κ2) is 10.9. The molecule has 1 fully saturated rings. The van der Waals surface area contributed by atoms with Crippen LogP contribution in [-0.2, 0) is 25.7 Å². The molecule has 2 amide bonds. The van der Waals surface area contributed by atoms with Crippen LogP contribution in [0.5, 0.6) is 0 Å². The molecule has 3 rings (SSSR count). The summed E-state index contributed by atoms with van der Waals surface area (Å²) >= 11 is 0. The summed E-state index contributed by atoms with van der Waals surface area (Å²) < 4.78 is 11.3. The Morgan fingerprint density at radius 3 is 2.67 bits per heavy atom. The van der Waals surface area contributed by atoms with E-state index < -0.39 is 0 Å². The van der Waals surface area contributed by atoms with Gasteiger partial charge in [0.2, 0.25) is 11.8 Å². The fourth-order valence-corrected chi connectivity index (χ4v) is 3.46. The van der Waals surface area contributed by atoms with Crippen molar-refractivity contribution in [1.29, 1.82) is 0 Å². The molecule has 0 bridgehead atoms. The molecule has 1 N–H and O–H groups in total. The summed E-state index contributed by atoms with van der Waals surface area (Å²) in [6, 6.07) is 15.5. The zero-order valence-corrected chi connectivity index (χ0v) is 17.7. The predicted molar refractivity (Wildman–Crippen MR) is 116 cm³/mol. The standard InChI is InChI=1S/C24H30N2O4/c1-18-8-6-12-22(19(18)2)25-23(27)15-26(14-21-11-7-13-30-21)24(28)17-29-16-20-9-4-3-5-10-20/h3-6,8-10,12,21H,7,11,13-17H2,1-2H3,(H,25,27). The lowest BCUT2D eigenvalue weighted by molar-refractivity contribution is -0.140. The third-order valence-electron chi connectivity index (χ3n) is 5.35. The van der Waals surface area contributed by atoms with Gasteiger partial charge in [-0.05, 0) is 49.4 Å². The van der Waals surface area contributed by atoms with Crippen molar-refractivity contribution in [3.63, 3.8) is 0 Å². The Labute approximate surface area is 178 Å². The molecule has 160 valence electrons. The maximum Gasteiger partial charge on any atom is 0.249 e. The Hall–Kier alpha value is -2.70. The van der Waals surface area contributed by atoms with Gasteiger partial charge in [-0.1, -0.05) is 42.5 Å². The number of nitrogens with one attached hydrogen (secondary N) is 1. The number of nitrogens with zero attached hydrogens (tertiary/aromatic N) is 1. The van der Waals surface area contributed by atoms with E-state index in [4.69, 9.17) is 9.47 Å². The van der Waals surface area contributed by atoms with E-state index in [0.29, 0.717) is 19.8 Å². The van der Waals surface area contributed by atoms with Crippen molar-refractivity contribution in [3.05, 3.63) is 65.2 Å². The fourth-order valence-electron chi connectivity index (χ4n) is 3.46. The SMILES string of the molecule is Cc1cccc(NC(=O)CN(CC2CCCO2)C(=O)COCc2ccccc2)c1C. The summed E-state index contributed by atoms with van der Waals surface area (Å²) in [5, 5.41) is 2.93. The molecule has 1 aliphatic rings. The number of carbonyl (C=O) groups is 2. The third-order valence-corrected chi connectivity index (χ3v) is 5.35. The molecule has 6 nitrogen and oxygen atoms in total. The first-order valence-corrected chi connectivity index (χ1v) is 10.4. The number of anilines is 1. The summed E-state index contributed by atoms with van der Waals surface area (Å²) in [5.41, 5.74) is 3.90. The summed E-state index contributed by atoms with van der Waals surface area (Å²) in [4.78, 5) is 27.0. The van der Waals surface area contributed by atoms with E-state index in [1.807, 2.05) is 62.4 Å². The lowest BCUT2D eigenvalue weighted by Crippen LogP contribution is -2.44. The average molecular weight is 411 g/mol. The van der Waals surface area contributed by atoms with Gasteiger partial charge in [-0.2, -0.15) is 0 Å². The van der Waals surface area contributed by atoms with Crippen molar-refractivity contribution < 1.29 is 19.1 Å². The minimum atomic E-state index is -0.224. The first-order valence-electron chi connectivity index (χ1n) is 10.4. The average Bonchev–Trinajstić information content (AvgIpc) is 3.25. The summed E-state index contributed by atoms with van der Waals surface area (Å²) in [6.07, 6.45) is 1.84. The Kier molecular flexibility index (Phi) is 7.99. The highest BCUT2D eigenvalue weighted by Crippen LogP contribution is 2.18. The molecule has 2 aromatic rings. The number of carbonyl (C=O) groups excluding carboxylic acids is 2. The highest BCUT2D eigenvalue weighted by atomic mass is 16.5. The van der Waals surface area contributed by atoms with Gasteiger partial charge >= 0.3 is 0 Å². The van der Waals surface area contributed by atoms with Crippen LogP contribution in [0.3, 0.4) is 0 Å². The van der Waals surface area contributed by atoms with E-state index >= 15 is 0 Å². The van der Waals surface area contributed by atoms with Crippen LogP contribution in [0.4, 0.5) is 5.69 Å². The number of aryl methyl sites for hydroxylation is 1. The Morgan fingerprint density at radius 2 is 1.93 bits per heavy atom. The molecule has 0 spiro atoms. The molecule has 6 heteroatoms. The highest BCUT2D eigenvalue weighted by Gasteiger charge is 2.24. The van der Waals surface area contributed by atoms with Gasteiger partial charge in [-0.3, -0.25) is 9.59 Å². The summed E-state index contributed by atoms with van der Waals surface area (Å²) in [5.74, 6) is -0.435. The van der Waals surface area contributed by atoms with Crippen molar-refractivity contribution >= 4 is 17.5 Å². The predicted octanol–water partition coefficient (Wildman–Crippen LogP) is 3.47. The number of hydrogen-bond acceptors (Lipinski definition) is 4. The number of hydrogen-bond donors (Lipinski definition) is 1. The van der Waals surface area contributed by atoms with Crippen LogP contribution in [0.25, 0.3) is 0 Å². The Bertz CT molecular complexity index is 848. The van der Waals surface area contributed by atoms with Gasteiger partial charge in [-0.15, -0.1) is 0 Å². The molecule has 0 saturated carbocycles. The van der Waals surface area contributed by atoms with E-state index in [-0.39, 0.29) is 31.1 Å². The van der Waals surface area contributed by atoms with Crippen LogP contribution in [0.2, 0.25) is 0 Å². The van der Waals surface area contributed by atoms with E-state index in [0.717, 1.165) is 35.2 Å². The van der Waals surface area contributed by atoms with Crippen LogP contribution in [0.1, 0.15) is 29.5 Å². The van der Waals surface area contributed by atoms with Crippen LogP contribution in [-0.4, -0.2) is 49.1 Å². The molecule has 0 radical (unpaired) electrons. The molecule has 0 aliphatic carbocycles. The number of amides is 2. The van der Waals surface area contributed by atoms with Crippen molar-refractivity contribution in [2.75, 3.05) is 31.6 Å². The monoisotopic (exact) mass is 410 g/mol. The van der Waals surface area contributed by atoms with Gasteiger partial charge in [0.25, 0.3) is 0 Å². The maximum absolute atomic E-state index is 12.8. The van der Waals surface area contributed by atoms with Gasteiger partial charge in [0.15, 0.2) is 0 Å². The molecule has 2 aromatic carbocycles. The van der Waals surface area contributed by atoms with Gasteiger partial charge < -0.3 is 19.7 Å². The largest absolute Gasteiger partial charge is 0.376 e. The summed E-state index contributed by atoms with van der Waals surface area (Å²) in [6.45, 7) is 5.33. The second-order valence-electron chi connectivity index (χ2n) is 7.68. The van der Waals surface area contributed by atoms with E-state index in [1.165, 1.54) is 0 Å². The smallest absolute Gasteiger partial charge is 0.249 e. The lowest BCUT2D eigenvalue weighted by Gasteiger charge is -2.25. The molecular formula is C24H30N2O4. The topological polar surface area (TPSA) is 67.9 Å². The first kappa shape index (κ1) is 22.0. The molecule has 1 unspecified atom stereocenters. The molecule has 1 heterocycles. The van der Waals surface area contributed by atoms with Gasteiger partial charge in [0.1, 0.15) is 13.2 Å². The van der Waals surface area contributed by atoms with Crippen LogP contribution >= 0.6 is 0 Å². The van der Waals surface area contributed by atoms with Crippen molar-refractivity contribution in [1.82, 2.24) is 4.90 Å². The zero-order chi connectivity index (χ0) is 21.3. The summed E-state index contributed by atoms with van der Waals surface area (Å²) in [7, 11) is 0. The normalized spacial score (nSPS) is 15.7. The van der Waals surface area contributed by atoms with E-state index in [2.05, 4.69) is 5.32 Å². The molecule has 0 aromatic heterocycles. The van der Waals surface area contributed by atoms with Crippen molar-refractivity contribution in [2.24, 2.45) is 0 Å². The lowest BCUT2D eigenvalue weighted by atomic mass is 10.1. The molecular weight excluding hydrogens is 380 g/mol. The van der Waals surface area contributed by atoms with Gasteiger partial charge in [0, 0.05) is 18.8 Å². The van der Waals surface area contributed by atoms with Crippen LogP contribution in [0, 0.1) is 13.8 Å². The molecule has 1 aliphatic heterocycles. The molecule has 1 saturated heterocycles. The highest BCUT2D eigenvalue weighted by molar-refractivity contribution is 5.95. The second-order valence-corrected chi connectivity index (χ2v) is 7.68. The molecule has 1 atom stereocenters. The number of benzene rings is 2. The zero-order valence-electron chi connectivity index (χ0n) is 17.7. The van der Waals surface area contributed by atoms with Crippen molar-refractivity contribution in [2.45, 2.75) is 39.4 Å². The first-order chi connectivity index (χ1) is 14.5. The van der Waals surface area contributed by atoms with Crippen LogP contribution < -0.4 is 5.32 Å². The van der Waals surface area contributed by atoms with Gasteiger partial charge in [0.05, 0.1) is 12.7 Å². The minimum Gasteiger partial charge on any atom is -0.376 e. The minimum absolute atomic E-state index is 0.0270. The Morgan fingerprint density at radius 1 is 1.13 bits per heavy atom. The molecule has 30 heavy (non-hydrogen) atoms.